The van der Waals surface area contributed by atoms with Gasteiger partial charge in [0.25, 0.3) is 0 Å². The number of benzene rings is 1. The van der Waals surface area contributed by atoms with Crippen LogP contribution in [0.2, 0.25) is 0 Å². The van der Waals surface area contributed by atoms with Gasteiger partial charge in [-0.15, -0.1) is 0 Å². The monoisotopic (exact) mass is 264 g/mol. The molecular weight excluding hydrogens is 246 g/mol. The second kappa shape index (κ2) is 5.11. The van der Waals surface area contributed by atoms with E-state index in [1.165, 1.54) is 12.1 Å². The van der Waals surface area contributed by atoms with Crippen LogP contribution >= 0.6 is 0 Å². The molecule has 0 amide bonds. The lowest BCUT2D eigenvalue weighted by atomic mass is 9.96. The van der Waals surface area contributed by atoms with Crippen LogP contribution in [-0.4, -0.2) is 9.97 Å². The fourth-order valence-corrected chi connectivity index (χ4v) is 2.01. The van der Waals surface area contributed by atoms with E-state index in [9.17, 15) is 8.78 Å². The van der Waals surface area contributed by atoms with Crippen LogP contribution < -0.4 is 0 Å². The molecule has 2 rings (SSSR count). The minimum atomic E-state index is -0.845. The second-order valence-corrected chi connectivity index (χ2v) is 5.35. The smallest absolute Gasteiger partial charge is 0.159 e. The van der Waals surface area contributed by atoms with Gasteiger partial charge in [0, 0.05) is 17.5 Å². The normalized spacial score (nSPS) is 11.6. The van der Waals surface area contributed by atoms with Gasteiger partial charge >= 0.3 is 0 Å². The van der Waals surface area contributed by atoms with Gasteiger partial charge < -0.3 is 4.98 Å². The zero-order valence-corrected chi connectivity index (χ0v) is 11.6. The van der Waals surface area contributed by atoms with Crippen LogP contribution in [0, 0.1) is 11.6 Å². The van der Waals surface area contributed by atoms with E-state index in [0.29, 0.717) is 17.3 Å². The number of halogens is 2. The Kier molecular flexibility index (Phi) is 3.69. The first-order chi connectivity index (χ1) is 8.90. The maximum Gasteiger partial charge on any atom is 0.159 e. The molecule has 0 fully saturated rings. The Morgan fingerprint density at radius 1 is 1.00 bits per heavy atom. The van der Waals surface area contributed by atoms with Gasteiger partial charge in [0.15, 0.2) is 11.6 Å². The number of hydrogen-bond acceptors (Lipinski definition) is 1. The number of aromatic nitrogens is 2. The Labute approximate surface area is 111 Å². The molecule has 2 aromatic rings. The third-order valence-corrected chi connectivity index (χ3v) is 3.19. The van der Waals surface area contributed by atoms with Gasteiger partial charge in [-0.3, -0.25) is 0 Å². The zero-order valence-electron chi connectivity index (χ0n) is 11.6. The zero-order chi connectivity index (χ0) is 14.2. The summed E-state index contributed by atoms with van der Waals surface area (Å²) in [6.45, 7) is 7.99. The van der Waals surface area contributed by atoms with Crippen molar-refractivity contribution in [1.29, 1.82) is 0 Å². The highest BCUT2D eigenvalue weighted by molar-refractivity contribution is 5.61. The maximum atomic E-state index is 13.5. The lowest BCUT2D eigenvalue weighted by Crippen LogP contribution is -1.98. The van der Waals surface area contributed by atoms with E-state index in [4.69, 9.17) is 0 Å². The fourth-order valence-electron chi connectivity index (χ4n) is 2.01. The van der Waals surface area contributed by atoms with Gasteiger partial charge in [0.05, 0.1) is 0 Å². The molecule has 1 N–H and O–H groups in total. The number of H-pyrrole nitrogens is 1. The van der Waals surface area contributed by atoms with Crippen LogP contribution in [-0.2, 0) is 0 Å². The van der Waals surface area contributed by atoms with Crippen molar-refractivity contribution in [1.82, 2.24) is 9.97 Å². The summed E-state index contributed by atoms with van der Waals surface area (Å²) in [4.78, 5) is 7.45. The Bertz CT molecular complexity index is 586. The number of hydrogen-bond donors (Lipinski definition) is 1. The topological polar surface area (TPSA) is 28.7 Å². The number of rotatable bonds is 3. The van der Waals surface area contributed by atoms with Crippen LogP contribution in [0.5, 0.6) is 0 Å². The van der Waals surface area contributed by atoms with Crippen molar-refractivity contribution in [3.63, 3.8) is 0 Å². The van der Waals surface area contributed by atoms with Crippen molar-refractivity contribution in [2.45, 2.75) is 39.5 Å². The summed E-state index contributed by atoms with van der Waals surface area (Å²) < 4.78 is 26.8. The molecule has 0 atom stereocenters. The molecule has 0 spiro atoms. The quantitative estimate of drug-likeness (QED) is 0.862. The van der Waals surface area contributed by atoms with Crippen molar-refractivity contribution in [2.75, 3.05) is 0 Å². The largest absolute Gasteiger partial charge is 0.342 e. The van der Waals surface area contributed by atoms with E-state index in [1.807, 2.05) is 27.7 Å². The summed E-state index contributed by atoms with van der Waals surface area (Å²) in [6, 6.07) is 2.47. The van der Waals surface area contributed by atoms with E-state index >= 15 is 0 Å². The average molecular weight is 264 g/mol. The van der Waals surface area contributed by atoms with Crippen molar-refractivity contribution in [3.8, 4) is 11.4 Å². The Balaban J connectivity index is 2.56. The van der Waals surface area contributed by atoms with Gasteiger partial charge in [-0.1, -0.05) is 27.7 Å². The molecule has 0 aliphatic rings. The van der Waals surface area contributed by atoms with Gasteiger partial charge in [-0.05, 0) is 29.5 Å². The summed E-state index contributed by atoms with van der Waals surface area (Å²) in [5.74, 6) is -0.664. The molecule has 2 nitrogen and oxygen atoms in total. The molecular formula is C15H18F2N2. The summed E-state index contributed by atoms with van der Waals surface area (Å²) >= 11 is 0. The van der Waals surface area contributed by atoms with E-state index < -0.39 is 11.6 Å². The maximum absolute atomic E-state index is 13.5. The predicted octanol–water partition coefficient (Wildman–Crippen LogP) is 4.60. The highest BCUT2D eigenvalue weighted by Crippen LogP contribution is 2.30. The third kappa shape index (κ3) is 2.67. The molecule has 4 heteroatoms. The third-order valence-electron chi connectivity index (χ3n) is 3.19. The van der Waals surface area contributed by atoms with Crippen LogP contribution in [0.25, 0.3) is 11.4 Å². The highest BCUT2D eigenvalue weighted by atomic mass is 19.2. The minimum Gasteiger partial charge on any atom is -0.342 e. The predicted molar refractivity (Wildman–Crippen MR) is 72.1 cm³/mol. The van der Waals surface area contributed by atoms with E-state index in [-0.39, 0.29) is 5.92 Å². The van der Waals surface area contributed by atoms with Crippen LogP contribution in [0.3, 0.4) is 0 Å². The lowest BCUT2D eigenvalue weighted by molar-refractivity contribution is 0.506. The number of nitrogens with one attached hydrogen (secondary N) is 1. The van der Waals surface area contributed by atoms with E-state index in [1.54, 1.807) is 6.20 Å². The summed E-state index contributed by atoms with van der Waals surface area (Å²) in [5.41, 5.74) is 2.36. The Morgan fingerprint density at radius 2 is 1.63 bits per heavy atom. The summed E-state index contributed by atoms with van der Waals surface area (Å²) in [7, 11) is 0. The highest BCUT2D eigenvalue weighted by Gasteiger charge is 2.16. The number of nitrogens with zero attached hydrogens (tertiary/aromatic N) is 1. The standard InChI is InChI=1S/C15H18F2N2/c1-8(2)10-5-12(16)13(17)6-11(10)15-18-7-14(19-15)9(3)4/h5-9H,1-4H3,(H,18,19). The molecule has 19 heavy (non-hydrogen) atoms. The van der Waals surface area contributed by atoms with Crippen LogP contribution in [0.4, 0.5) is 8.78 Å². The second-order valence-electron chi connectivity index (χ2n) is 5.35. The number of aromatic amines is 1. The molecule has 1 aromatic carbocycles. The van der Waals surface area contributed by atoms with Gasteiger partial charge in [-0.2, -0.15) is 0 Å². The number of imidazole rings is 1. The van der Waals surface area contributed by atoms with Crippen molar-refractivity contribution >= 4 is 0 Å². The molecule has 0 aliphatic heterocycles. The molecule has 0 unspecified atom stereocenters. The first kappa shape index (κ1) is 13.7. The van der Waals surface area contributed by atoms with Crippen molar-refractivity contribution < 1.29 is 8.78 Å². The van der Waals surface area contributed by atoms with E-state index in [2.05, 4.69) is 9.97 Å². The SMILES string of the molecule is CC(C)c1cnc(-c2cc(F)c(F)cc2C(C)C)[nH]1. The lowest BCUT2D eigenvalue weighted by Gasteiger charge is -2.12. The van der Waals surface area contributed by atoms with E-state index in [0.717, 1.165) is 11.3 Å². The van der Waals surface area contributed by atoms with Crippen LogP contribution in [0.15, 0.2) is 18.3 Å². The minimum absolute atomic E-state index is 0.0951. The van der Waals surface area contributed by atoms with Crippen molar-refractivity contribution in [2.24, 2.45) is 0 Å². The van der Waals surface area contributed by atoms with Crippen molar-refractivity contribution in [3.05, 3.63) is 41.2 Å². The molecule has 0 bridgehead atoms. The first-order valence-electron chi connectivity index (χ1n) is 6.44. The molecule has 1 aromatic heterocycles. The first-order valence-corrected chi connectivity index (χ1v) is 6.44. The molecule has 0 radical (unpaired) electrons. The van der Waals surface area contributed by atoms with Gasteiger partial charge in [0.1, 0.15) is 5.82 Å². The van der Waals surface area contributed by atoms with Crippen LogP contribution in [0.1, 0.15) is 50.8 Å². The molecule has 0 aliphatic carbocycles. The molecule has 1 heterocycles. The molecule has 0 saturated carbocycles. The molecule has 0 saturated heterocycles. The average Bonchev–Trinajstić information content (AvgIpc) is 2.81. The summed E-state index contributed by atoms with van der Waals surface area (Å²) in [6.07, 6.45) is 1.74. The Morgan fingerprint density at radius 3 is 2.16 bits per heavy atom. The van der Waals surface area contributed by atoms with Gasteiger partial charge in [0.2, 0.25) is 0 Å². The van der Waals surface area contributed by atoms with Gasteiger partial charge in [-0.25, -0.2) is 13.8 Å². The summed E-state index contributed by atoms with van der Waals surface area (Å²) in [5, 5.41) is 0. The fraction of sp³-hybridized carbons (Fsp3) is 0.400. The molecule has 102 valence electrons. The Hall–Kier alpha value is -1.71.